The molecule has 1 aromatic heterocycles. The van der Waals surface area contributed by atoms with E-state index in [1.54, 1.807) is 13.1 Å². The van der Waals surface area contributed by atoms with Gasteiger partial charge in [-0.05, 0) is 30.2 Å². The van der Waals surface area contributed by atoms with Crippen molar-refractivity contribution in [2.75, 3.05) is 11.4 Å². The van der Waals surface area contributed by atoms with Gasteiger partial charge >= 0.3 is 0 Å². The summed E-state index contributed by atoms with van der Waals surface area (Å²) in [7, 11) is -2.01. The van der Waals surface area contributed by atoms with E-state index in [1.165, 1.54) is 16.1 Å². The van der Waals surface area contributed by atoms with Gasteiger partial charge in [-0.1, -0.05) is 19.1 Å². The van der Waals surface area contributed by atoms with Crippen molar-refractivity contribution >= 4 is 27.3 Å². The van der Waals surface area contributed by atoms with E-state index < -0.39 is 10.0 Å². The zero-order valence-corrected chi connectivity index (χ0v) is 13.0. The first-order valence-electron chi connectivity index (χ1n) is 6.30. The van der Waals surface area contributed by atoms with E-state index in [2.05, 4.69) is 11.9 Å². The highest BCUT2D eigenvalue weighted by Crippen LogP contribution is 2.23. The average molecular weight is 313 g/mol. The molecule has 0 aliphatic carbocycles. The van der Waals surface area contributed by atoms with Gasteiger partial charge in [-0.15, -0.1) is 11.6 Å². The lowest BCUT2D eigenvalue weighted by atomic mass is 10.1. The molecule has 0 saturated carbocycles. The Bertz CT molecular complexity index is 677. The Kier molecular flexibility index (Phi) is 4.40. The number of aryl methyl sites for hydroxylation is 1. The maximum atomic E-state index is 12.5. The normalized spacial score (nSPS) is 11.6. The second-order valence-corrected chi connectivity index (χ2v) is 6.72. The molecule has 108 valence electrons. The third-order valence-electron chi connectivity index (χ3n) is 3.23. The third-order valence-corrected chi connectivity index (χ3v) is 5.28. The maximum Gasteiger partial charge on any atom is 0.265 e. The fourth-order valence-corrected chi connectivity index (χ4v) is 3.25. The van der Waals surface area contributed by atoms with Gasteiger partial charge in [0.1, 0.15) is 4.90 Å². The number of nitrogens with one attached hydrogen (secondary N) is 1. The van der Waals surface area contributed by atoms with Crippen LogP contribution in [-0.4, -0.2) is 20.4 Å². The monoisotopic (exact) mass is 312 g/mol. The van der Waals surface area contributed by atoms with Gasteiger partial charge in [0, 0.05) is 18.9 Å². The summed E-state index contributed by atoms with van der Waals surface area (Å²) in [6.45, 7) is 2.06. The molecule has 0 aliphatic heterocycles. The van der Waals surface area contributed by atoms with Gasteiger partial charge < -0.3 is 4.98 Å². The minimum Gasteiger partial charge on any atom is -0.363 e. The number of aromatic nitrogens is 1. The van der Waals surface area contributed by atoms with Crippen LogP contribution in [0, 0.1) is 0 Å². The minimum absolute atomic E-state index is 0.218. The lowest BCUT2D eigenvalue weighted by Crippen LogP contribution is -2.26. The van der Waals surface area contributed by atoms with Crippen LogP contribution in [0.5, 0.6) is 0 Å². The molecule has 0 fully saturated rings. The van der Waals surface area contributed by atoms with Crippen LogP contribution in [0.1, 0.15) is 18.2 Å². The first-order valence-corrected chi connectivity index (χ1v) is 8.27. The van der Waals surface area contributed by atoms with Gasteiger partial charge in [-0.3, -0.25) is 4.31 Å². The summed E-state index contributed by atoms with van der Waals surface area (Å²) in [5.41, 5.74) is 2.49. The van der Waals surface area contributed by atoms with E-state index in [-0.39, 0.29) is 10.8 Å². The highest BCUT2D eigenvalue weighted by molar-refractivity contribution is 7.92. The maximum absolute atomic E-state index is 12.5. The van der Waals surface area contributed by atoms with E-state index in [4.69, 9.17) is 11.6 Å². The molecule has 1 heterocycles. The molecular formula is C14H17ClN2O2S. The van der Waals surface area contributed by atoms with Crippen molar-refractivity contribution in [3.63, 3.8) is 0 Å². The molecule has 0 unspecified atom stereocenters. The number of alkyl halides is 1. The van der Waals surface area contributed by atoms with Gasteiger partial charge in [0.15, 0.2) is 0 Å². The fourth-order valence-electron chi connectivity index (χ4n) is 1.88. The van der Waals surface area contributed by atoms with Gasteiger partial charge in [-0.25, -0.2) is 8.42 Å². The first-order chi connectivity index (χ1) is 9.48. The van der Waals surface area contributed by atoms with Crippen molar-refractivity contribution in [2.45, 2.75) is 24.1 Å². The minimum atomic E-state index is -3.56. The zero-order valence-electron chi connectivity index (χ0n) is 11.4. The number of hydrogen-bond acceptors (Lipinski definition) is 2. The number of anilines is 1. The Balaban J connectivity index is 2.32. The van der Waals surface area contributed by atoms with E-state index in [1.807, 2.05) is 24.3 Å². The van der Waals surface area contributed by atoms with E-state index in [9.17, 15) is 8.42 Å². The number of halogens is 1. The van der Waals surface area contributed by atoms with Crippen LogP contribution in [0.4, 0.5) is 5.69 Å². The SMILES string of the molecule is CCc1ccc(N(C)S(=O)(=O)c2c[nH]c(CCl)c2)cc1. The van der Waals surface area contributed by atoms with Crippen LogP contribution < -0.4 is 4.31 Å². The predicted octanol–water partition coefficient (Wildman–Crippen LogP) is 3.14. The number of rotatable bonds is 5. The fraction of sp³-hybridized carbons (Fsp3) is 0.286. The highest BCUT2D eigenvalue weighted by atomic mass is 35.5. The number of H-pyrrole nitrogens is 1. The standard InChI is InChI=1S/C14H17ClN2O2S/c1-3-11-4-6-13(7-5-11)17(2)20(18,19)14-8-12(9-15)16-10-14/h4-8,10,16H,3,9H2,1-2H3. The molecule has 0 amide bonds. The van der Waals surface area contributed by atoms with Gasteiger partial charge in [0.05, 0.1) is 11.6 Å². The molecule has 2 aromatic rings. The molecule has 0 saturated heterocycles. The molecule has 0 atom stereocenters. The predicted molar refractivity (Wildman–Crippen MR) is 81.8 cm³/mol. The molecule has 6 heteroatoms. The van der Waals surface area contributed by atoms with Crippen molar-refractivity contribution in [1.29, 1.82) is 0 Å². The summed E-state index contributed by atoms with van der Waals surface area (Å²) in [5.74, 6) is 0.254. The van der Waals surface area contributed by atoms with Crippen LogP contribution >= 0.6 is 11.6 Å². The Morgan fingerprint density at radius 2 is 1.90 bits per heavy atom. The number of benzene rings is 1. The Morgan fingerprint density at radius 3 is 2.40 bits per heavy atom. The van der Waals surface area contributed by atoms with Crippen LogP contribution in [0.2, 0.25) is 0 Å². The second-order valence-electron chi connectivity index (χ2n) is 4.49. The highest BCUT2D eigenvalue weighted by Gasteiger charge is 2.22. The lowest BCUT2D eigenvalue weighted by Gasteiger charge is -2.18. The number of hydrogen-bond donors (Lipinski definition) is 1. The Morgan fingerprint density at radius 1 is 1.25 bits per heavy atom. The van der Waals surface area contributed by atoms with Crippen LogP contribution in [-0.2, 0) is 22.3 Å². The lowest BCUT2D eigenvalue weighted by molar-refractivity contribution is 0.594. The molecule has 1 N–H and O–H groups in total. The first kappa shape index (κ1) is 14.9. The summed E-state index contributed by atoms with van der Waals surface area (Å²) >= 11 is 5.68. The van der Waals surface area contributed by atoms with Crippen LogP contribution in [0.15, 0.2) is 41.4 Å². The Labute approximate surface area is 124 Å². The van der Waals surface area contributed by atoms with Crippen molar-refractivity contribution in [2.24, 2.45) is 0 Å². The molecule has 0 aliphatic rings. The molecule has 2 rings (SSSR count). The summed E-state index contributed by atoms with van der Waals surface area (Å²) in [6.07, 6.45) is 2.39. The molecule has 0 spiro atoms. The summed E-state index contributed by atoms with van der Waals surface area (Å²) in [5, 5.41) is 0. The topological polar surface area (TPSA) is 53.2 Å². The zero-order chi connectivity index (χ0) is 14.8. The summed E-state index contributed by atoms with van der Waals surface area (Å²) < 4.78 is 26.2. The average Bonchev–Trinajstić information content (AvgIpc) is 2.96. The molecule has 4 nitrogen and oxygen atoms in total. The Hall–Kier alpha value is -1.46. The van der Waals surface area contributed by atoms with Crippen molar-refractivity contribution < 1.29 is 8.42 Å². The number of aromatic amines is 1. The van der Waals surface area contributed by atoms with Gasteiger partial charge in [0.25, 0.3) is 10.0 Å². The molecule has 20 heavy (non-hydrogen) atoms. The molecule has 1 aromatic carbocycles. The van der Waals surface area contributed by atoms with E-state index >= 15 is 0 Å². The largest absolute Gasteiger partial charge is 0.363 e. The van der Waals surface area contributed by atoms with E-state index in [0.29, 0.717) is 11.4 Å². The number of nitrogens with zero attached hydrogens (tertiary/aromatic N) is 1. The summed E-state index contributed by atoms with van der Waals surface area (Å²) in [4.78, 5) is 3.07. The molecular weight excluding hydrogens is 296 g/mol. The third kappa shape index (κ3) is 2.83. The quantitative estimate of drug-likeness (QED) is 0.862. The van der Waals surface area contributed by atoms with E-state index in [0.717, 1.165) is 6.42 Å². The van der Waals surface area contributed by atoms with Crippen molar-refractivity contribution in [3.05, 3.63) is 47.8 Å². The molecule has 0 radical (unpaired) electrons. The molecule has 0 bridgehead atoms. The van der Waals surface area contributed by atoms with Crippen molar-refractivity contribution in [1.82, 2.24) is 4.98 Å². The van der Waals surface area contributed by atoms with Gasteiger partial charge in [0.2, 0.25) is 0 Å². The van der Waals surface area contributed by atoms with Crippen LogP contribution in [0.3, 0.4) is 0 Å². The number of sulfonamides is 1. The smallest absolute Gasteiger partial charge is 0.265 e. The van der Waals surface area contributed by atoms with Crippen LogP contribution in [0.25, 0.3) is 0 Å². The van der Waals surface area contributed by atoms with Crippen molar-refractivity contribution in [3.8, 4) is 0 Å². The second kappa shape index (κ2) is 5.89. The summed E-state index contributed by atoms with van der Waals surface area (Å²) in [6, 6.07) is 9.04. The van der Waals surface area contributed by atoms with Gasteiger partial charge in [-0.2, -0.15) is 0 Å².